The van der Waals surface area contributed by atoms with Gasteiger partial charge in [0.15, 0.2) is 5.76 Å². The van der Waals surface area contributed by atoms with Gasteiger partial charge in [0.2, 0.25) is 17.2 Å². The fourth-order valence-corrected chi connectivity index (χ4v) is 2.48. The van der Waals surface area contributed by atoms with Crippen LogP contribution < -0.4 is 10.2 Å². The highest BCUT2D eigenvalue weighted by molar-refractivity contribution is 6.28. The lowest BCUT2D eigenvalue weighted by molar-refractivity contribution is 0.384. The van der Waals surface area contributed by atoms with E-state index in [0.717, 1.165) is 37.4 Å². The minimum absolute atomic E-state index is 0.196. The third kappa shape index (κ3) is 3.60. The molecular formula is C13H17ClN6O. The lowest BCUT2D eigenvalue weighted by Gasteiger charge is -2.26. The van der Waals surface area contributed by atoms with Gasteiger partial charge in [0, 0.05) is 19.2 Å². The second-order valence-electron chi connectivity index (χ2n) is 5.06. The summed E-state index contributed by atoms with van der Waals surface area (Å²) >= 11 is 5.99. The summed E-state index contributed by atoms with van der Waals surface area (Å²) < 4.78 is 5.14. The molecule has 0 bridgehead atoms. The number of hydrogen-bond donors (Lipinski definition) is 1. The van der Waals surface area contributed by atoms with Gasteiger partial charge in [0.25, 0.3) is 0 Å². The van der Waals surface area contributed by atoms with Gasteiger partial charge in [-0.2, -0.15) is 15.0 Å². The van der Waals surface area contributed by atoms with E-state index in [-0.39, 0.29) is 5.28 Å². The van der Waals surface area contributed by atoms with Crippen LogP contribution in [0.5, 0.6) is 0 Å². The zero-order valence-corrected chi connectivity index (χ0v) is 12.6. The highest BCUT2D eigenvalue weighted by atomic mass is 35.5. The molecule has 2 aromatic rings. The fraction of sp³-hybridized carbons (Fsp3) is 0.538. The molecule has 0 amide bonds. The third-order valence-corrected chi connectivity index (χ3v) is 3.50. The maximum atomic E-state index is 5.99. The highest BCUT2D eigenvalue weighted by Crippen LogP contribution is 2.18. The summed E-state index contributed by atoms with van der Waals surface area (Å²) in [6.45, 7) is 4.25. The van der Waals surface area contributed by atoms with Gasteiger partial charge in [-0.1, -0.05) is 5.16 Å². The van der Waals surface area contributed by atoms with Crippen LogP contribution in [-0.4, -0.2) is 33.2 Å². The third-order valence-electron chi connectivity index (χ3n) is 3.33. The maximum absolute atomic E-state index is 5.99. The molecule has 3 rings (SSSR count). The van der Waals surface area contributed by atoms with Crippen molar-refractivity contribution < 1.29 is 4.52 Å². The van der Waals surface area contributed by atoms with E-state index in [1.807, 2.05) is 13.0 Å². The van der Waals surface area contributed by atoms with Crippen molar-refractivity contribution in [1.29, 1.82) is 0 Å². The molecule has 21 heavy (non-hydrogen) atoms. The van der Waals surface area contributed by atoms with Gasteiger partial charge >= 0.3 is 0 Å². The zero-order valence-electron chi connectivity index (χ0n) is 11.8. The summed E-state index contributed by atoms with van der Waals surface area (Å²) in [7, 11) is 0. The minimum atomic E-state index is 0.196. The largest absolute Gasteiger partial charge is 0.359 e. The van der Waals surface area contributed by atoms with Crippen LogP contribution in [0.3, 0.4) is 0 Å². The van der Waals surface area contributed by atoms with Gasteiger partial charge in [-0.15, -0.1) is 0 Å². The number of halogens is 1. The Kier molecular flexibility index (Phi) is 4.19. The van der Waals surface area contributed by atoms with Crippen molar-refractivity contribution in [3.8, 4) is 0 Å². The van der Waals surface area contributed by atoms with Gasteiger partial charge in [-0.05, 0) is 37.8 Å². The van der Waals surface area contributed by atoms with Crippen LogP contribution in [0.15, 0.2) is 10.6 Å². The molecule has 0 atom stereocenters. The molecule has 1 aliphatic rings. The molecule has 8 heteroatoms. The van der Waals surface area contributed by atoms with Crippen LogP contribution in [0.2, 0.25) is 5.28 Å². The maximum Gasteiger partial charge on any atom is 0.231 e. The molecule has 0 aliphatic carbocycles. The summed E-state index contributed by atoms with van der Waals surface area (Å²) in [6, 6.07) is 1.86. The lowest BCUT2D eigenvalue weighted by atomic mass is 10.1. The molecule has 1 aliphatic heterocycles. The zero-order chi connectivity index (χ0) is 14.7. The van der Waals surface area contributed by atoms with E-state index in [0.29, 0.717) is 18.4 Å². The van der Waals surface area contributed by atoms with E-state index in [9.17, 15) is 0 Å². The molecule has 0 unspecified atom stereocenters. The molecule has 1 N–H and O–H groups in total. The minimum Gasteiger partial charge on any atom is -0.359 e. The molecule has 112 valence electrons. The average molecular weight is 309 g/mol. The van der Waals surface area contributed by atoms with Crippen LogP contribution in [0.4, 0.5) is 11.9 Å². The fourth-order valence-electron chi connectivity index (χ4n) is 2.32. The Morgan fingerprint density at radius 3 is 2.76 bits per heavy atom. The van der Waals surface area contributed by atoms with Crippen molar-refractivity contribution in [2.45, 2.75) is 32.7 Å². The second kappa shape index (κ2) is 6.26. The quantitative estimate of drug-likeness (QED) is 0.929. The van der Waals surface area contributed by atoms with Crippen molar-refractivity contribution in [2.75, 3.05) is 23.3 Å². The number of anilines is 2. The number of hydrogen-bond acceptors (Lipinski definition) is 7. The number of nitrogens with one attached hydrogen (secondary N) is 1. The van der Waals surface area contributed by atoms with E-state index in [2.05, 4.69) is 30.3 Å². The molecular weight excluding hydrogens is 292 g/mol. The molecule has 0 spiro atoms. The Bertz CT molecular complexity index is 610. The molecule has 1 saturated heterocycles. The number of piperidine rings is 1. The van der Waals surface area contributed by atoms with Crippen LogP contribution in [0.1, 0.15) is 30.7 Å². The first-order valence-electron chi connectivity index (χ1n) is 7.03. The van der Waals surface area contributed by atoms with Crippen LogP contribution in [0, 0.1) is 6.92 Å². The Morgan fingerprint density at radius 2 is 2.05 bits per heavy atom. The molecule has 1 fully saturated rings. The van der Waals surface area contributed by atoms with Crippen LogP contribution in [-0.2, 0) is 6.54 Å². The smallest absolute Gasteiger partial charge is 0.231 e. The summed E-state index contributed by atoms with van der Waals surface area (Å²) in [5.41, 5.74) is 0.842. The number of nitrogens with zero attached hydrogens (tertiary/aromatic N) is 5. The van der Waals surface area contributed by atoms with Gasteiger partial charge in [-0.25, -0.2) is 0 Å². The van der Waals surface area contributed by atoms with Crippen LogP contribution >= 0.6 is 11.6 Å². The lowest BCUT2D eigenvalue weighted by Crippen LogP contribution is -2.31. The Morgan fingerprint density at radius 1 is 1.24 bits per heavy atom. The van der Waals surface area contributed by atoms with Gasteiger partial charge in [0.1, 0.15) is 0 Å². The van der Waals surface area contributed by atoms with E-state index < -0.39 is 0 Å². The van der Waals surface area contributed by atoms with Crippen molar-refractivity contribution in [3.05, 3.63) is 22.8 Å². The molecule has 0 radical (unpaired) electrons. The predicted molar refractivity (Wildman–Crippen MR) is 79.5 cm³/mol. The van der Waals surface area contributed by atoms with Gasteiger partial charge in [-0.3, -0.25) is 0 Å². The predicted octanol–water partition coefficient (Wildman–Crippen LogP) is 2.42. The monoisotopic (exact) mass is 308 g/mol. The normalized spacial score (nSPS) is 15.2. The Labute approximate surface area is 127 Å². The van der Waals surface area contributed by atoms with Crippen molar-refractivity contribution in [2.24, 2.45) is 0 Å². The molecule has 7 nitrogen and oxygen atoms in total. The van der Waals surface area contributed by atoms with E-state index in [1.165, 1.54) is 6.42 Å². The first-order valence-corrected chi connectivity index (χ1v) is 7.41. The standard InChI is InChI=1S/C13H17ClN6O/c1-9-7-10(21-19-9)8-15-12-16-11(14)17-13(18-12)20-5-3-2-4-6-20/h7H,2-6,8H2,1H3,(H,15,16,17,18). The van der Waals surface area contributed by atoms with E-state index >= 15 is 0 Å². The summed E-state index contributed by atoms with van der Waals surface area (Å²) in [5.74, 6) is 1.80. The number of aryl methyl sites for hydroxylation is 1. The van der Waals surface area contributed by atoms with Crippen molar-refractivity contribution >= 4 is 23.5 Å². The van der Waals surface area contributed by atoms with Crippen molar-refractivity contribution in [1.82, 2.24) is 20.1 Å². The van der Waals surface area contributed by atoms with Gasteiger partial charge < -0.3 is 14.7 Å². The molecule has 3 heterocycles. The van der Waals surface area contributed by atoms with Gasteiger partial charge in [0.05, 0.1) is 12.2 Å². The topological polar surface area (TPSA) is 80.0 Å². The summed E-state index contributed by atoms with van der Waals surface area (Å²) in [4.78, 5) is 14.9. The first-order chi connectivity index (χ1) is 10.2. The van der Waals surface area contributed by atoms with Crippen LogP contribution in [0.25, 0.3) is 0 Å². The van der Waals surface area contributed by atoms with E-state index in [1.54, 1.807) is 0 Å². The molecule has 0 saturated carbocycles. The first kappa shape index (κ1) is 14.1. The number of rotatable bonds is 4. The summed E-state index contributed by atoms with van der Waals surface area (Å²) in [5, 5.41) is 7.12. The Hall–Kier alpha value is -1.89. The second-order valence-corrected chi connectivity index (χ2v) is 5.40. The molecule has 2 aromatic heterocycles. The Balaban J connectivity index is 1.71. The highest BCUT2D eigenvalue weighted by Gasteiger charge is 2.15. The van der Waals surface area contributed by atoms with Crippen molar-refractivity contribution in [3.63, 3.8) is 0 Å². The summed E-state index contributed by atoms with van der Waals surface area (Å²) in [6.07, 6.45) is 3.57. The average Bonchev–Trinajstić information content (AvgIpc) is 2.91. The molecule has 0 aromatic carbocycles. The van der Waals surface area contributed by atoms with E-state index in [4.69, 9.17) is 16.1 Å². The SMILES string of the molecule is Cc1cc(CNc2nc(Cl)nc(N3CCCCC3)n2)on1. The number of aromatic nitrogens is 4.